The lowest BCUT2D eigenvalue weighted by Gasteiger charge is -2.24. The Balaban J connectivity index is 1.94. The minimum atomic E-state index is -0.937. The maximum Gasteiger partial charge on any atom is 0.415 e. The third-order valence-electron chi connectivity index (χ3n) is 3.01. The minimum absolute atomic E-state index is 0.247. The number of nitrogens with zero attached hydrogens (tertiary/aromatic N) is 1. The van der Waals surface area contributed by atoms with Crippen LogP contribution >= 0.6 is 0 Å². The van der Waals surface area contributed by atoms with E-state index in [9.17, 15) is 9.59 Å². The molecule has 0 fully saturated rings. The first-order chi connectivity index (χ1) is 9.60. The molecule has 2 rings (SSSR count). The van der Waals surface area contributed by atoms with E-state index in [1.807, 2.05) is 0 Å². The van der Waals surface area contributed by atoms with E-state index < -0.39 is 12.1 Å². The topological polar surface area (TPSA) is 76.1 Å². The molecular formula is C14H15NO5. The van der Waals surface area contributed by atoms with E-state index in [0.717, 1.165) is 0 Å². The molecule has 20 heavy (non-hydrogen) atoms. The fraction of sp³-hybridized carbons (Fsp3) is 0.286. The van der Waals surface area contributed by atoms with Crippen molar-refractivity contribution >= 4 is 12.1 Å². The number of methoxy groups -OCH3 is 1. The zero-order chi connectivity index (χ0) is 14.5. The highest BCUT2D eigenvalue weighted by molar-refractivity contribution is 5.87. The Bertz CT molecular complexity index is 535. The van der Waals surface area contributed by atoms with Crippen LogP contribution in [0.1, 0.15) is 6.42 Å². The molecule has 0 aromatic heterocycles. The number of aliphatic carboxylic acids is 1. The van der Waals surface area contributed by atoms with Crippen molar-refractivity contribution in [3.8, 4) is 11.5 Å². The number of carboxylic acid groups (broad SMARTS) is 1. The lowest BCUT2D eigenvalue weighted by molar-refractivity contribution is -0.133. The Labute approximate surface area is 116 Å². The van der Waals surface area contributed by atoms with Gasteiger partial charge in [-0.2, -0.15) is 0 Å². The summed E-state index contributed by atoms with van der Waals surface area (Å²) in [6, 6.07) is 6.67. The van der Waals surface area contributed by atoms with E-state index >= 15 is 0 Å². The van der Waals surface area contributed by atoms with Gasteiger partial charge in [0.2, 0.25) is 0 Å². The third-order valence-corrected chi connectivity index (χ3v) is 3.01. The highest BCUT2D eigenvalue weighted by atomic mass is 16.6. The Morgan fingerprint density at radius 1 is 1.20 bits per heavy atom. The van der Waals surface area contributed by atoms with Gasteiger partial charge in [0, 0.05) is 18.7 Å². The molecule has 1 aromatic rings. The summed E-state index contributed by atoms with van der Waals surface area (Å²) < 4.78 is 10.2. The van der Waals surface area contributed by atoms with Crippen LogP contribution in [0.4, 0.5) is 4.79 Å². The number of carbonyl (C=O) groups is 2. The van der Waals surface area contributed by atoms with Gasteiger partial charge in [0.1, 0.15) is 11.5 Å². The molecule has 1 aliphatic heterocycles. The zero-order valence-corrected chi connectivity index (χ0v) is 11.0. The van der Waals surface area contributed by atoms with Crippen LogP contribution in [0.2, 0.25) is 0 Å². The molecule has 1 N–H and O–H groups in total. The van der Waals surface area contributed by atoms with Crippen LogP contribution in [-0.4, -0.2) is 42.3 Å². The maximum atomic E-state index is 11.9. The van der Waals surface area contributed by atoms with Gasteiger partial charge in [-0.15, -0.1) is 0 Å². The fourth-order valence-electron chi connectivity index (χ4n) is 1.84. The second-order valence-corrected chi connectivity index (χ2v) is 4.27. The van der Waals surface area contributed by atoms with Crippen molar-refractivity contribution in [2.45, 2.75) is 6.42 Å². The zero-order valence-electron chi connectivity index (χ0n) is 11.0. The van der Waals surface area contributed by atoms with Crippen LogP contribution in [0.25, 0.3) is 0 Å². The van der Waals surface area contributed by atoms with Crippen LogP contribution in [0.15, 0.2) is 35.9 Å². The van der Waals surface area contributed by atoms with E-state index in [0.29, 0.717) is 30.0 Å². The summed E-state index contributed by atoms with van der Waals surface area (Å²) in [5, 5.41) is 8.83. The van der Waals surface area contributed by atoms with E-state index in [4.69, 9.17) is 14.6 Å². The highest BCUT2D eigenvalue weighted by Gasteiger charge is 2.21. The van der Waals surface area contributed by atoms with Crippen LogP contribution in [0, 0.1) is 0 Å². The smallest absolute Gasteiger partial charge is 0.415 e. The van der Waals surface area contributed by atoms with Crippen LogP contribution in [0.3, 0.4) is 0 Å². The average Bonchev–Trinajstić information content (AvgIpc) is 2.48. The molecular weight excluding hydrogens is 262 g/mol. The first kappa shape index (κ1) is 13.9. The molecule has 0 saturated heterocycles. The van der Waals surface area contributed by atoms with Crippen molar-refractivity contribution in [3.63, 3.8) is 0 Å². The number of amides is 1. The second-order valence-electron chi connectivity index (χ2n) is 4.27. The molecule has 1 amide bonds. The number of rotatable bonds is 3. The number of benzene rings is 1. The van der Waals surface area contributed by atoms with E-state index in [1.54, 1.807) is 31.4 Å². The molecule has 6 heteroatoms. The molecule has 0 spiro atoms. The van der Waals surface area contributed by atoms with Crippen LogP contribution in [0.5, 0.6) is 11.5 Å². The van der Waals surface area contributed by atoms with Gasteiger partial charge in [0.05, 0.1) is 7.11 Å². The predicted molar refractivity (Wildman–Crippen MR) is 70.9 cm³/mol. The summed E-state index contributed by atoms with van der Waals surface area (Å²) in [6.45, 7) is 0.587. The molecule has 0 radical (unpaired) electrons. The first-order valence-electron chi connectivity index (χ1n) is 6.13. The Morgan fingerprint density at radius 2 is 1.85 bits per heavy atom. The molecule has 0 unspecified atom stereocenters. The van der Waals surface area contributed by atoms with Gasteiger partial charge in [-0.1, -0.05) is 6.08 Å². The summed E-state index contributed by atoms with van der Waals surface area (Å²) in [5.74, 6) is 0.161. The Morgan fingerprint density at radius 3 is 2.35 bits per heavy atom. The summed E-state index contributed by atoms with van der Waals surface area (Å²) >= 11 is 0. The molecule has 1 heterocycles. The van der Waals surface area contributed by atoms with Crippen molar-refractivity contribution in [2.75, 3.05) is 20.2 Å². The van der Waals surface area contributed by atoms with Crippen molar-refractivity contribution < 1.29 is 24.2 Å². The van der Waals surface area contributed by atoms with E-state index in [-0.39, 0.29) is 6.54 Å². The van der Waals surface area contributed by atoms with Crippen molar-refractivity contribution in [1.29, 1.82) is 0 Å². The number of carbonyl (C=O) groups excluding carboxylic acids is 1. The highest BCUT2D eigenvalue weighted by Crippen LogP contribution is 2.19. The monoisotopic (exact) mass is 277 g/mol. The number of carboxylic acids is 1. The van der Waals surface area contributed by atoms with Gasteiger partial charge < -0.3 is 19.5 Å². The minimum Gasteiger partial charge on any atom is -0.497 e. The SMILES string of the molecule is COc1ccc(OC(=O)N2CC=C(C(=O)O)CC2)cc1. The van der Waals surface area contributed by atoms with Gasteiger partial charge in [-0.05, 0) is 30.7 Å². The van der Waals surface area contributed by atoms with Gasteiger partial charge in [-0.25, -0.2) is 9.59 Å². The maximum absolute atomic E-state index is 11.9. The quantitative estimate of drug-likeness (QED) is 0.913. The van der Waals surface area contributed by atoms with Crippen molar-refractivity contribution in [3.05, 3.63) is 35.9 Å². The molecule has 0 bridgehead atoms. The van der Waals surface area contributed by atoms with Crippen LogP contribution < -0.4 is 9.47 Å². The summed E-state index contributed by atoms with van der Waals surface area (Å²) in [6.07, 6.45) is 1.37. The lowest BCUT2D eigenvalue weighted by Crippen LogP contribution is -2.37. The standard InChI is InChI=1S/C14H15NO5/c1-19-11-2-4-12(5-3-11)20-14(18)15-8-6-10(7-9-15)13(16)17/h2-6H,7-9H2,1H3,(H,16,17). The molecule has 106 valence electrons. The number of ether oxygens (including phenoxy) is 2. The Hall–Kier alpha value is -2.50. The molecule has 0 aliphatic carbocycles. The molecule has 0 saturated carbocycles. The largest absolute Gasteiger partial charge is 0.497 e. The summed E-state index contributed by atoms with van der Waals surface area (Å²) in [4.78, 5) is 24.1. The first-order valence-corrected chi connectivity index (χ1v) is 6.13. The third kappa shape index (κ3) is 3.28. The number of hydrogen-bond donors (Lipinski definition) is 1. The fourth-order valence-corrected chi connectivity index (χ4v) is 1.84. The van der Waals surface area contributed by atoms with E-state index in [2.05, 4.69) is 0 Å². The van der Waals surface area contributed by atoms with Gasteiger partial charge in [0.25, 0.3) is 0 Å². The Kier molecular flexibility index (Phi) is 4.24. The molecule has 0 atom stereocenters. The second kappa shape index (κ2) is 6.10. The van der Waals surface area contributed by atoms with Crippen LogP contribution in [-0.2, 0) is 4.79 Å². The molecule has 1 aliphatic rings. The predicted octanol–water partition coefficient (Wildman–Crippen LogP) is 1.91. The molecule has 1 aromatic carbocycles. The molecule has 6 nitrogen and oxygen atoms in total. The van der Waals surface area contributed by atoms with Gasteiger partial charge >= 0.3 is 12.1 Å². The lowest BCUT2D eigenvalue weighted by atomic mass is 10.1. The number of hydrogen-bond acceptors (Lipinski definition) is 4. The average molecular weight is 277 g/mol. The van der Waals surface area contributed by atoms with Crippen molar-refractivity contribution in [1.82, 2.24) is 4.90 Å². The van der Waals surface area contributed by atoms with Gasteiger partial charge in [-0.3, -0.25) is 0 Å². The summed E-state index contributed by atoms with van der Waals surface area (Å²) in [5.41, 5.74) is 0.332. The summed E-state index contributed by atoms with van der Waals surface area (Å²) in [7, 11) is 1.56. The van der Waals surface area contributed by atoms with Crippen molar-refractivity contribution in [2.24, 2.45) is 0 Å². The van der Waals surface area contributed by atoms with Gasteiger partial charge in [0.15, 0.2) is 0 Å². The van der Waals surface area contributed by atoms with E-state index in [1.165, 1.54) is 11.0 Å². The normalized spacial score (nSPS) is 14.4.